The predicted octanol–water partition coefficient (Wildman–Crippen LogP) is 3.55. The number of carbonyl (C=O) groups excluding carboxylic acids is 1. The third kappa shape index (κ3) is 3.47. The van der Waals surface area contributed by atoms with Crippen molar-refractivity contribution in [3.8, 4) is 0 Å². The van der Waals surface area contributed by atoms with Crippen LogP contribution in [0, 0.1) is 13.8 Å². The van der Waals surface area contributed by atoms with Crippen molar-refractivity contribution >= 4 is 34.0 Å². The number of Topliss-reactive ketones (excluding diaryl/α,β-unsaturated/α-hetero) is 1. The largest absolute Gasteiger partial charge is 0.363 e. The number of ketones is 1. The molecule has 5 nitrogen and oxygen atoms in total. The summed E-state index contributed by atoms with van der Waals surface area (Å²) in [6.45, 7) is 8.31. The summed E-state index contributed by atoms with van der Waals surface area (Å²) in [4.78, 5) is 12.4. The van der Waals surface area contributed by atoms with E-state index in [2.05, 4.69) is 33.9 Å². The van der Waals surface area contributed by atoms with Crippen LogP contribution in [0.2, 0.25) is 0 Å². The van der Waals surface area contributed by atoms with Gasteiger partial charge >= 0.3 is 0 Å². The van der Waals surface area contributed by atoms with E-state index in [0.29, 0.717) is 11.8 Å². The molecule has 0 aliphatic rings. The molecule has 2 aromatic heterocycles. The Kier molecular flexibility index (Phi) is 5.05. The second-order valence-corrected chi connectivity index (χ2v) is 7.28. The van der Waals surface area contributed by atoms with Gasteiger partial charge in [-0.15, -0.1) is 10.2 Å². The van der Waals surface area contributed by atoms with Gasteiger partial charge in [-0.2, -0.15) is 0 Å². The predicted molar refractivity (Wildman–Crippen MR) is 88.8 cm³/mol. The molecule has 2 rings (SSSR count). The van der Waals surface area contributed by atoms with Crippen LogP contribution in [-0.4, -0.2) is 33.3 Å². The molecule has 0 bridgehead atoms. The molecular weight excluding hydrogens is 304 g/mol. The summed E-state index contributed by atoms with van der Waals surface area (Å²) >= 11 is 2.90. The SMILES string of the molecule is CNc1nnc(SCC(=O)c2cc(C)n(C(C)C)c2C)s1. The molecule has 0 spiro atoms. The Hall–Kier alpha value is -1.34. The molecule has 0 amide bonds. The van der Waals surface area contributed by atoms with Gasteiger partial charge in [-0.3, -0.25) is 4.79 Å². The summed E-state index contributed by atoms with van der Waals surface area (Å²) in [5.74, 6) is 0.530. The summed E-state index contributed by atoms with van der Waals surface area (Å²) in [6, 6.07) is 2.35. The number of nitrogens with one attached hydrogen (secondary N) is 1. The van der Waals surface area contributed by atoms with Gasteiger partial charge in [0.1, 0.15) is 0 Å². The maximum atomic E-state index is 12.4. The van der Waals surface area contributed by atoms with Gasteiger partial charge in [-0.1, -0.05) is 23.1 Å². The van der Waals surface area contributed by atoms with Crippen LogP contribution >= 0.6 is 23.1 Å². The molecule has 0 atom stereocenters. The third-order valence-electron chi connectivity index (χ3n) is 3.25. The lowest BCUT2D eigenvalue weighted by Gasteiger charge is -2.13. The zero-order valence-corrected chi connectivity index (χ0v) is 14.6. The summed E-state index contributed by atoms with van der Waals surface area (Å²) in [5, 5.41) is 11.7. The Labute approximate surface area is 133 Å². The monoisotopic (exact) mass is 324 g/mol. The molecule has 2 heterocycles. The highest BCUT2D eigenvalue weighted by Gasteiger charge is 2.17. The van der Waals surface area contributed by atoms with Crippen molar-refractivity contribution in [2.45, 2.75) is 38.1 Å². The first-order valence-electron chi connectivity index (χ1n) is 6.79. The van der Waals surface area contributed by atoms with Crippen LogP contribution in [0.3, 0.4) is 0 Å². The molecule has 0 aromatic carbocycles. The van der Waals surface area contributed by atoms with Crippen molar-refractivity contribution in [2.24, 2.45) is 0 Å². The normalized spacial score (nSPS) is 11.1. The van der Waals surface area contributed by atoms with Gasteiger partial charge < -0.3 is 9.88 Å². The molecule has 1 N–H and O–H groups in total. The Morgan fingerprint density at radius 1 is 1.43 bits per heavy atom. The highest BCUT2D eigenvalue weighted by atomic mass is 32.2. The number of aromatic nitrogens is 3. The highest BCUT2D eigenvalue weighted by Crippen LogP contribution is 2.27. The van der Waals surface area contributed by atoms with Crippen molar-refractivity contribution in [1.82, 2.24) is 14.8 Å². The van der Waals surface area contributed by atoms with Crippen LogP contribution in [0.4, 0.5) is 5.13 Å². The minimum absolute atomic E-state index is 0.140. The first-order chi connectivity index (χ1) is 9.93. The van der Waals surface area contributed by atoms with Crippen molar-refractivity contribution < 1.29 is 4.79 Å². The molecule has 2 aromatic rings. The summed E-state index contributed by atoms with van der Waals surface area (Å²) in [6.07, 6.45) is 0. The Bertz CT molecular complexity index is 645. The third-order valence-corrected chi connectivity index (χ3v) is 5.32. The van der Waals surface area contributed by atoms with Crippen LogP contribution in [0.25, 0.3) is 0 Å². The Morgan fingerprint density at radius 3 is 2.67 bits per heavy atom. The highest BCUT2D eigenvalue weighted by molar-refractivity contribution is 8.01. The summed E-state index contributed by atoms with van der Waals surface area (Å²) in [7, 11) is 1.81. The average molecular weight is 324 g/mol. The van der Waals surface area contributed by atoms with Crippen LogP contribution in [0.15, 0.2) is 10.4 Å². The van der Waals surface area contributed by atoms with Gasteiger partial charge in [-0.25, -0.2) is 0 Å². The van der Waals surface area contributed by atoms with E-state index in [1.54, 1.807) is 7.05 Å². The molecule has 0 radical (unpaired) electrons. The molecule has 21 heavy (non-hydrogen) atoms. The summed E-state index contributed by atoms with van der Waals surface area (Å²) in [5.41, 5.74) is 2.98. The van der Waals surface area contributed by atoms with Crippen LogP contribution in [0.1, 0.15) is 41.6 Å². The Balaban J connectivity index is 2.08. The fourth-order valence-electron chi connectivity index (χ4n) is 2.43. The number of carbonyl (C=O) groups is 1. The van der Waals surface area contributed by atoms with E-state index in [-0.39, 0.29) is 5.78 Å². The number of aryl methyl sites for hydroxylation is 1. The van der Waals surface area contributed by atoms with Crippen molar-refractivity contribution in [1.29, 1.82) is 0 Å². The maximum absolute atomic E-state index is 12.4. The van der Waals surface area contributed by atoms with Crippen molar-refractivity contribution in [3.63, 3.8) is 0 Å². The van der Waals surface area contributed by atoms with Crippen LogP contribution in [-0.2, 0) is 0 Å². The number of nitrogens with zero attached hydrogens (tertiary/aromatic N) is 3. The lowest BCUT2D eigenvalue weighted by Crippen LogP contribution is -2.08. The van der Waals surface area contributed by atoms with E-state index in [4.69, 9.17) is 0 Å². The van der Waals surface area contributed by atoms with Gasteiger partial charge in [0, 0.05) is 30.0 Å². The fourth-order valence-corrected chi connectivity index (χ4v) is 4.02. The van der Waals surface area contributed by atoms with Gasteiger partial charge in [-0.05, 0) is 33.8 Å². The molecule has 0 aliphatic heterocycles. The molecule has 0 saturated heterocycles. The van der Waals surface area contributed by atoms with Crippen LogP contribution < -0.4 is 5.32 Å². The smallest absolute Gasteiger partial charge is 0.206 e. The number of hydrogen-bond acceptors (Lipinski definition) is 6. The second-order valence-electron chi connectivity index (χ2n) is 5.08. The van der Waals surface area contributed by atoms with E-state index in [0.717, 1.165) is 26.4 Å². The first-order valence-corrected chi connectivity index (χ1v) is 8.60. The lowest BCUT2D eigenvalue weighted by atomic mass is 10.2. The average Bonchev–Trinajstić information content (AvgIpc) is 3.00. The maximum Gasteiger partial charge on any atom is 0.206 e. The second kappa shape index (κ2) is 6.62. The standard InChI is InChI=1S/C14H20N4OS2/c1-8(2)18-9(3)6-11(10(18)4)12(19)7-20-14-17-16-13(15-5)21-14/h6,8H,7H2,1-5H3,(H,15,16). The number of hydrogen-bond donors (Lipinski definition) is 1. The van der Waals surface area contributed by atoms with E-state index in [1.807, 2.05) is 19.9 Å². The van der Waals surface area contributed by atoms with E-state index in [1.165, 1.54) is 23.1 Å². The van der Waals surface area contributed by atoms with Crippen molar-refractivity contribution in [2.75, 3.05) is 18.1 Å². The van der Waals surface area contributed by atoms with E-state index < -0.39 is 0 Å². The summed E-state index contributed by atoms with van der Waals surface area (Å²) < 4.78 is 3.01. The number of thioether (sulfide) groups is 1. The Morgan fingerprint density at radius 2 is 2.14 bits per heavy atom. The number of anilines is 1. The van der Waals surface area contributed by atoms with E-state index in [9.17, 15) is 4.79 Å². The van der Waals surface area contributed by atoms with Gasteiger partial charge in [0.15, 0.2) is 10.1 Å². The molecule has 0 fully saturated rings. The van der Waals surface area contributed by atoms with E-state index >= 15 is 0 Å². The van der Waals surface area contributed by atoms with Crippen molar-refractivity contribution in [3.05, 3.63) is 23.0 Å². The fraction of sp³-hybridized carbons (Fsp3) is 0.500. The van der Waals surface area contributed by atoms with Gasteiger partial charge in [0.25, 0.3) is 0 Å². The topological polar surface area (TPSA) is 59.8 Å². The molecule has 0 aliphatic carbocycles. The van der Waals surface area contributed by atoms with Crippen LogP contribution in [0.5, 0.6) is 0 Å². The molecule has 0 unspecified atom stereocenters. The first kappa shape index (κ1) is 16.0. The molecule has 7 heteroatoms. The zero-order chi connectivity index (χ0) is 15.6. The minimum Gasteiger partial charge on any atom is -0.363 e. The van der Waals surface area contributed by atoms with Gasteiger partial charge in [0.05, 0.1) is 5.75 Å². The minimum atomic E-state index is 0.140. The van der Waals surface area contributed by atoms with Gasteiger partial charge in [0.2, 0.25) is 5.13 Å². The number of rotatable bonds is 6. The molecule has 114 valence electrons. The molecule has 0 saturated carbocycles. The zero-order valence-electron chi connectivity index (χ0n) is 12.9. The molecular formula is C14H20N4OS2. The quantitative estimate of drug-likeness (QED) is 0.650. The lowest BCUT2D eigenvalue weighted by molar-refractivity contribution is 0.102.